The molecule has 1 saturated carbocycles. The second-order valence-corrected chi connectivity index (χ2v) is 4.75. The van der Waals surface area contributed by atoms with E-state index in [1.807, 2.05) is 0 Å². The third kappa shape index (κ3) is 2.91. The maximum Gasteiger partial charge on any atom is 0.0156 e. The Labute approximate surface area is 93.9 Å². The Morgan fingerprint density at radius 1 is 1.21 bits per heavy atom. The van der Waals surface area contributed by atoms with Gasteiger partial charge in [-0.3, -0.25) is 0 Å². The zero-order chi connectivity index (χ0) is 10.6. The van der Waals surface area contributed by atoms with Crippen molar-refractivity contribution in [2.75, 3.05) is 5.75 Å². The molecule has 0 radical (unpaired) electrons. The third-order valence-corrected chi connectivity index (χ3v) is 3.68. The first kappa shape index (κ1) is 11.9. The molecule has 0 aromatic rings. The lowest BCUT2D eigenvalue weighted by Crippen LogP contribution is -2.10. The van der Waals surface area contributed by atoms with E-state index in [0.717, 1.165) is 11.7 Å². The van der Waals surface area contributed by atoms with E-state index in [4.69, 9.17) is 0 Å². The first-order chi connectivity index (χ1) is 6.66. The van der Waals surface area contributed by atoms with E-state index in [9.17, 15) is 0 Å². The molecule has 0 bridgehead atoms. The average molecular weight is 210 g/mol. The summed E-state index contributed by atoms with van der Waals surface area (Å²) in [5.41, 5.74) is 4.13. The quantitative estimate of drug-likeness (QED) is 0.518. The van der Waals surface area contributed by atoms with Crippen molar-refractivity contribution in [3.05, 3.63) is 23.3 Å². The Balaban J connectivity index is 2.76. The Kier molecular flexibility index (Phi) is 4.80. The zero-order valence-corrected chi connectivity index (χ0v) is 10.4. The summed E-state index contributed by atoms with van der Waals surface area (Å²) in [5, 5.41) is 0. The van der Waals surface area contributed by atoms with Gasteiger partial charge in [0.1, 0.15) is 0 Å². The summed E-state index contributed by atoms with van der Waals surface area (Å²) < 4.78 is 0. The maximum absolute atomic E-state index is 4.40. The van der Waals surface area contributed by atoms with Crippen LogP contribution in [-0.2, 0) is 0 Å². The van der Waals surface area contributed by atoms with Crippen LogP contribution >= 0.6 is 12.6 Å². The molecule has 80 valence electrons. The van der Waals surface area contributed by atoms with Gasteiger partial charge in [-0.1, -0.05) is 37.0 Å². The Hall–Kier alpha value is -0.170. The van der Waals surface area contributed by atoms with Gasteiger partial charge in [-0.25, -0.2) is 0 Å². The summed E-state index contributed by atoms with van der Waals surface area (Å²) in [7, 11) is 0. The minimum Gasteiger partial charge on any atom is -0.175 e. The van der Waals surface area contributed by atoms with Crippen LogP contribution in [-0.4, -0.2) is 5.75 Å². The number of hydrogen-bond acceptors (Lipinski definition) is 1. The average Bonchev–Trinajstić information content (AvgIpc) is 2.19. The van der Waals surface area contributed by atoms with Gasteiger partial charge in [0.05, 0.1) is 0 Å². The molecule has 0 aromatic heterocycles. The van der Waals surface area contributed by atoms with Crippen molar-refractivity contribution in [2.45, 2.75) is 46.0 Å². The van der Waals surface area contributed by atoms with E-state index in [1.165, 1.54) is 43.3 Å². The standard InChI is InChI=1S/C13H22S/c1-10(2)13(9-14)11(3)12-7-5-4-6-8-12/h12,14H,1,4-9H2,2-3H3/b13-11+. The van der Waals surface area contributed by atoms with E-state index in [0.29, 0.717) is 0 Å². The van der Waals surface area contributed by atoms with Crippen LogP contribution in [0.3, 0.4) is 0 Å². The van der Waals surface area contributed by atoms with Gasteiger partial charge in [0.15, 0.2) is 0 Å². The van der Waals surface area contributed by atoms with Crippen molar-refractivity contribution in [1.82, 2.24) is 0 Å². The third-order valence-electron chi connectivity index (χ3n) is 3.37. The molecule has 0 saturated heterocycles. The molecular weight excluding hydrogens is 188 g/mol. The van der Waals surface area contributed by atoms with Crippen molar-refractivity contribution in [3.8, 4) is 0 Å². The van der Waals surface area contributed by atoms with Gasteiger partial charge in [0, 0.05) is 5.75 Å². The van der Waals surface area contributed by atoms with Crippen LogP contribution in [0.2, 0.25) is 0 Å². The first-order valence-electron chi connectivity index (χ1n) is 5.63. The highest BCUT2D eigenvalue weighted by Gasteiger charge is 2.17. The fraction of sp³-hybridized carbons (Fsp3) is 0.692. The largest absolute Gasteiger partial charge is 0.175 e. The molecule has 0 atom stereocenters. The fourth-order valence-electron chi connectivity index (χ4n) is 2.38. The van der Waals surface area contributed by atoms with E-state index >= 15 is 0 Å². The topological polar surface area (TPSA) is 0 Å². The second-order valence-electron chi connectivity index (χ2n) is 4.43. The van der Waals surface area contributed by atoms with Gasteiger partial charge in [-0.15, -0.1) is 0 Å². The highest BCUT2D eigenvalue weighted by molar-refractivity contribution is 7.80. The summed E-state index contributed by atoms with van der Waals surface area (Å²) in [4.78, 5) is 0. The van der Waals surface area contributed by atoms with Gasteiger partial charge in [-0.2, -0.15) is 12.6 Å². The lowest BCUT2D eigenvalue weighted by molar-refractivity contribution is 0.401. The summed E-state index contributed by atoms with van der Waals surface area (Å²) in [6, 6.07) is 0. The van der Waals surface area contributed by atoms with Crippen molar-refractivity contribution in [3.63, 3.8) is 0 Å². The molecule has 1 fully saturated rings. The number of hydrogen-bond donors (Lipinski definition) is 1. The van der Waals surface area contributed by atoms with Crippen LogP contribution in [0.4, 0.5) is 0 Å². The lowest BCUT2D eigenvalue weighted by atomic mass is 9.82. The van der Waals surface area contributed by atoms with E-state index < -0.39 is 0 Å². The molecule has 0 N–H and O–H groups in total. The molecular formula is C13H22S. The van der Waals surface area contributed by atoms with E-state index in [2.05, 4.69) is 33.1 Å². The van der Waals surface area contributed by atoms with Crippen LogP contribution in [0.1, 0.15) is 46.0 Å². The van der Waals surface area contributed by atoms with Crippen molar-refractivity contribution >= 4 is 12.6 Å². The molecule has 0 spiro atoms. The molecule has 1 heteroatoms. The van der Waals surface area contributed by atoms with Gasteiger partial charge < -0.3 is 0 Å². The first-order valence-corrected chi connectivity index (χ1v) is 6.26. The molecule has 1 rings (SSSR count). The molecule has 0 heterocycles. The summed E-state index contributed by atoms with van der Waals surface area (Å²) in [5.74, 6) is 1.65. The predicted octanol–water partition coefficient (Wildman–Crippen LogP) is 4.39. The molecule has 1 aliphatic carbocycles. The van der Waals surface area contributed by atoms with E-state index in [-0.39, 0.29) is 0 Å². The van der Waals surface area contributed by atoms with Gasteiger partial charge in [0.25, 0.3) is 0 Å². The van der Waals surface area contributed by atoms with Crippen molar-refractivity contribution in [1.29, 1.82) is 0 Å². The van der Waals surface area contributed by atoms with E-state index in [1.54, 1.807) is 5.57 Å². The molecule has 0 aromatic carbocycles. The minimum absolute atomic E-state index is 0.808. The predicted molar refractivity (Wildman–Crippen MR) is 67.9 cm³/mol. The number of allylic oxidation sites excluding steroid dienone is 2. The summed E-state index contributed by atoms with van der Waals surface area (Å²) >= 11 is 4.40. The highest BCUT2D eigenvalue weighted by Crippen LogP contribution is 2.32. The number of rotatable bonds is 3. The lowest BCUT2D eigenvalue weighted by Gasteiger charge is -2.25. The van der Waals surface area contributed by atoms with Gasteiger partial charge in [0.2, 0.25) is 0 Å². The van der Waals surface area contributed by atoms with Crippen LogP contribution in [0, 0.1) is 5.92 Å². The van der Waals surface area contributed by atoms with Crippen LogP contribution < -0.4 is 0 Å². The molecule has 0 nitrogen and oxygen atoms in total. The van der Waals surface area contributed by atoms with Gasteiger partial charge in [-0.05, 0) is 38.2 Å². The normalized spacial score (nSPS) is 20.5. The summed E-state index contributed by atoms with van der Waals surface area (Å²) in [6.45, 7) is 8.40. The van der Waals surface area contributed by atoms with Gasteiger partial charge >= 0.3 is 0 Å². The van der Waals surface area contributed by atoms with Crippen molar-refractivity contribution < 1.29 is 0 Å². The van der Waals surface area contributed by atoms with Crippen LogP contribution in [0.25, 0.3) is 0 Å². The molecule has 14 heavy (non-hydrogen) atoms. The molecule has 0 amide bonds. The fourth-order valence-corrected chi connectivity index (χ4v) is 2.90. The highest BCUT2D eigenvalue weighted by atomic mass is 32.1. The monoisotopic (exact) mass is 210 g/mol. The smallest absolute Gasteiger partial charge is 0.0156 e. The minimum atomic E-state index is 0.808. The number of thiol groups is 1. The zero-order valence-electron chi connectivity index (χ0n) is 9.47. The maximum atomic E-state index is 4.40. The Bertz CT molecular complexity index is 232. The molecule has 0 unspecified atom stereocenters. The van der Waals surface area contributed by atoms with Crippen LogP contribution in [0.15, 0.2) is 23.3 Å². The molecule has 1 aliphatic rings. The second kappa shape index (κ2) is 5.65. The Morgan fingerprint density at radius 3 is 2.21 bits per heavy atom. The Morgan fingerprint density at radius 2 is 1.79 bits per heavy atom. The van der Waals surface area contributed by atoms with Crippen LogP contribution in [0.5, 0.6) is 0 Å². The molecule has 0 aliphatic heterocycles. The SMILES string of the molecule is C=C(C)/C(CS)=C(\C)C1CCCCC1. The summed E-state index contributed by atoms with van der Waals surface area (Å²) in [6.07, 6.45) is 6.97. The van der Waals surface area contributed by atoms with Crippen molar-refractivity contribution in [2.24, 2.45) is 5.92 Å².